The smallest absolute Gasteiger partial charge is 0.237 e. The Morgan fingerprint density at radius 1 is 1.67 bits per heavy atom. The lowest BCUT2D eigenvalue weighted by atomic mass is 10.2. The first-order valence-corrected chi connectivity index (χ1v) is 4.13. The molecule has 0 aromatic rings. The lowest BCUT2D eigenvalue weighted by Crippen LogP contribution is -2.44. The molecule has 0 aliphatic rings. The van der Waals surface area contributed by atoms with Gasteiger partial charge < -0.3 is 15.8 Å². The van der Waals surface area contributed by atoms with Crippen molar-refractivity contribution in [2.45, 2.75) is 38.8 Å². The number of nitrogens with two attached hydrogens (primary N) is 1. The van der Waals surface area contributed by atoms with Crippen molar-refractivity contribution in [2.24, 2.45) is 5.73 Å². The third-order valence-corrected chi connectivity index (χ3v) is 1.51. The topological polar surface area (TPSA) is 72.2 Å². The zero-order chi connectivity index (χ0) is 9.56. The Balaban J connectivity index is 3.85. The summed E-state index contributed by atoms with van der Waals surface area (Å²) in [5, 5.41) is 2.54. The largest absolute Gasteiger partial charge is 0.345 e. The Bertz CT molecular complexity index is 157. The molecule has 0 heterocycles. The average Bonchev–Trinajstić information content (AvgIpc) is 2.03. The quantitative estimate of drug-likeness (QED) is 0.565. The summed E-state index contributed by atoms with van der Waals surface area (Å²) in [6, 6.07) is -0.933. The van der Waals surface area contributed by atoms with E-state index in [0.29, 0.717) is 6.42 Å². The fourth-order valence-corrected chi connectivity index (χ4v) is 0.799. The highest BCUT2D eigenvalue weighted by molar-refractivity contribution is 5.83. The van der Waals surface area contributed by atoms with Gasteiger partial charge in [0.15, 0.2) is 0 Å². The number of rotatable bonds is 5. The minimum absolute atomic E-state index is 0.277. The number of hydrogen-bond donors (Lipinski definition) is 2. The van der Waals surface area contributed by atoms with Crippen molar-refractivity contribution in [3.63, 3.8) is 0 Å². The molecular weight excluding hydrogens is 156 g/mol. The molecule has 0 bridgehead atoms. The zero-order valence-electron chi connectivity index (χ0n) is 7.54. The highest BCUT2D eigenvalue weighted by atomic mass is 16.2. The van der Waals surface area contributed by atoms with Crippen molar-refractivity contribution in [3.8, 4) is 0 Å². The SMILES string of the molecule is CCCC(C=O)NC(=O)C(C)N. The van der Waals surface area contributed by atoms with Gasteiger partial charge in [-0.3, -0.25) is 4.79 Å². The van der Waals surface area contributed by atoms with Crippen LogP contribution in [0.2, 0.25) is 0 Å². The van der Waals surface area contributed by atoms with Crippen molar-refractivity contribution < 1.29 is 9.59 Å². The van der Waals surface area contributed by atoms with Crippen LogP contribution in [0.25, 0.3) is 0 Å². The van der Waals surface area contributed by atoms with Crippen LogP contribution < -0.4 is 11.1 Å². The summed E-state index contributed by atoms with van der Waals surface area (Å²) in [6.07, 6.45) is 2.27. The van der Waals surface area contributed by atoms with Gasteiger partial charge in [0.1, 0.15) is 6.29 Å². The van der Waals surface area contributed by atoms with Crippen LogP contribution in [-0.4, -0.2) is 24.3 Å². The summed E-state index contributed by atoms with van der Waals surface area (Å²) in [5.41, 5.74) is 5.31. The molecule has 4 nitrogen and oxygen atoms in total. The van der Waals surface area contributed by atoms with E-state index in [1.165, 1.54) is 0 Å². The van der Waals surface area contributed by atoms with E-state index in [4.69, 9.17) is 5.73 Å². The molecule has 0 fully saturated rings. The molecule has 4 heteroatoms. The molecule has 0 rings (SSSR count). The first-order valence-electron chi connectivity index (χ1n) is 4.13. The van der Waals surface area contributed by atoms with Crippen LogP contribution in [-0.2, 0) is 9.59 Å². The molecule has 0 saturated carbocycles. The molecule has 0 aliphatic carbocycles. The summed E-state index contributed by atoms with van der Waals surface area (Å²) in [4.78, 5) is 21.4. The molecule has 0 spiro atoms. The Hall–Kier alpha value is -0.900. The van der Waals surface area contributed by atoms with Crippen LogP contribution in [0.1, 0.15) is 26.7 Å². The second-order valence-electron chi connectivity index (χ2n) is 2.83. The summed E-state index contributed by atoms with van der Waals surface area (Å²) in [7, 11) is 0. The van der Waals surface area contributed by atoms with Crippen molar-refractivity contribution >= 4 is 12.2 Å². The van der Waals surface area contributed by atoms with Crippen LogP contribution in [0.15, 0.2) is 0 Å². The van der Waals surface area contributed by atoms with Gasteiger partial charge in [0.05, 0.1) is 12.1 Å². The number of aldehydes is 1. The third-order valence-electron chi connectivity index (χ3n) is 1.51. The van der Waals surface area contributed by atoms with E-state index in [1.807, 2.05) is 6.92 Å². The minimum Gasteiger partial charge on any atom is -0.345 e. The molecule has 2 unspecified atom stereocenters. The zero-order valence-corrected chi connectivity index (χ0v) is 7.54. The van der Waals surface area contributed by atoms with Gasteiger partial charge in [-0.2, -0.15) is 0 Å². The third kappa shape index (κ3) is 4.08. The van der Waals surface area contributed by atoms with Crippen LogP contribution in [0.4, 0.5) is 0 Å². The van der Waals surface area contributed by atoms with Crippen molar-refractivity contribution in [3.05, 3.63) is 0 Å². The highest BCUT2D eigenvalue weighted by Gasteiger charge is 2.12. The van der Waals surface area contributed by atoms with Gasteiger partial charge in [0, 0.05) is 0 Å². The van der Waals surface area contributed by atoms with Gasteiger partial charge in [-0.15, -0.1) is 0 Å². The number of amides is 1. The van der Waals surface area contributed by atoms with Gasteiger partial charge in [-0.1, -0.05) is 13.3 Å². The number of carbonyl (C=O) groups is 2. The summed E-state index contributed by atoms with van der Waals surface area (Å²) < 4.78 is 0. The Labute approximate surface area is 72.5 Å². The molecule has 0 aliphatic heterocycles. The lowest BCUT2D eigenvalue weighted by Gasteiger charge is -2.12. The van der Waals surface area contributed by atoms with Crippen molar-refractivity contribution in [1.82, 2.24) is 5.32 Å². The second kappa shape index (κ2) is 5.71. The predicted molar refractivity (Wildman–Crippen MR) is 46.6 cm³/mol. The van der Waals surface area contributed by atoms with Crippen LogP contribution in [0.5, 0.6) is 0 Å². The molecule has 1 amide bonds. The second-order valence-corrected chi connectivity index (χ2v) is 2.83. The minimum atomic E-state index is -0.552. The van der Waals surface area contributed by atoms with Gasteiger partial charge in [0.25, 0.3) is 0 Å². The molecule has 70 valence electrons. The summed E-state index contributed by atoms with van der Waals surface area (Å²) >= 11 is 0. The molecule has 12 heavy (non-hydrogen) atoms. The van der Waals surface area contributed by atoms with E-state index in [2.05, 4.69) is 5.32 Å². The maximum absolute atomic E-state index is 11.0. The maximum atomic E-state index is 11.0. The number of carbonyl (C=O) groups excluding carboxylic acids is 2. The van der Waals surface area contributed by atoms with Gasteiger partial charge in [-0.25, -0.2) is 0 Å². The average molecular weight is 172 g/mol. The molecular formula is C8H16N2O2. The van der Waals surface area contributed by atoms with Gasteiger partial charge in [0.2, 0.25) is 5.91 Å². The van der Waals surface area contributed by atoms with E-state index in [9.17, 15) is 9.59 Å². The van der Waals surface area contributed by atoms with E-state index in [0.717, 1.165) is 12.7 Å². The van der Waals surface area contributed by atoms with Crippen LogP contribution in [0.3, 0.4) is 0 Å². The standard InChI is InChI=1S/C8H16N2O2/c1-3-4-7(5-11)10-8(12)6(2)9/h5-7H,3-4,9H2,1-2H3,(H,10,12). The first kappa shape index (κ1) is 11.1. The molecule has 2 atom stereocenters. The number of nitrogens with one attached hydrogen (secondary N) is 1. The van der Waals surface area contributed by atoms with Gasteiger partial charge >= 0.3 is 0 Å². The van der Waals surface area contributed by atoms with Crippen molar-refractivity contribution in [1.29, 1.82) is 0 Å². The Kier molecular flexibility index (Phi) is 5.28. The normalized spacial score (nSPS) is 14.9. The molecule has 0 aromatic carbocycles. The van der Waals surface area contributed by atoms with Crippen molar-refractivity contribution in [2.75, 3.05) is 0 Å². The summed E-state index contributed by atoms with van der Waals surface area (Å²) in [6.45, 7) is 3.54. The van der Waals surface area contributed by atoms with E-state index in [1.54, 1.807) is 6.92 Å². The Morgan fingerprint density at radius 2 is 2.25 bits per heavy atom. The van der Waals surface area contributed by atoms with E-state index >= 15 is 0 Å². The number of hydrogen-bond acceptors (Lipinski definition) is 3. The fourth-order valence-electron chi connectivity index (χ4n) is 0.799. The fraction of sp³-hybridized carbons (Fsp3) is 0.750. The summed E-state index contributed by atoms with van der Waals surface area (Å²) in [5.74, 6) is -0.277. The molecule has 3 N–H and O–H groups in total. The maximum Gasteiger partial charge on any atom is 0.237 e. The van der Waals surface area contributed by atoms with Crippen LogP contribution >= 0.6 is 0 Å². The van der Waals surface area contributed by atoms with E-state index in [-0.39, 0.29) is 11.9 Å². The molecule has 0 saturated heterocycles. The van der Waals surface area contributed by atoms with E-state index < -0.39 is 6.04 Å². The molecule has 0 aromatic heterocycles. The monoisotopic (exact) mass is 172 g/mol. The molecule has 0 radical (unpaired) electrons. The van der Waals surface area contributed by atoms with Gasteiger partial charge in [-0.05, 0) is 13.3 Å². The Morgan fingerprint density at radius 3 is 2.58 bits per heavy atom. The predicted octanol–water partition coefficient (Wildman–Crippen LogP) is -0.183. The first-order chi connectivity index (χ1) is 5.61. The lowest BCUT2D eigenvalue weighted by molar-refractivity contribution is -0.124. The van der Waals surface area contributed by atoms with Crippen LogP contribution in [0, 0.1) is 0 Å². The highest BCUT2D eigenvalue weighted by Crippen LogP contribution is 1.93.